The van der Waals surface area contributed by atoms with Gasteiger partial charge >= 0.3 is 18.4 Å². The standard InChI is InChI=1S/C28H33ClF6N4O4/c29-25(12-2-1-3-22(25)37-24(42)36-20-8-10-21(40)11-9-20)23(41)39-15-13-38(14-16-39)17-18-4-6-19(7-5-18)26(43,27(30,31)32)28(33,34)35/h1-7,12,20-22,40,43H,8-11,13-17H2,(H2,36,37,42). The van der Waals surface area contributed by atoms with Crippen LogP contribution in [0.15, 0.2) is 48.6 Å². The van der Waals surface area contributed by atoms with Crippen LogP contribution in [0.3, 0.4) is 0 Å². The van der Waals surface area contributed by atoms with Gasteiger partial charge in [0.25, 0.3) is 5.60 Å². The summed E-state index contributed by atoms with van der Waals surface area (Å²) < 4.78 is 78.9. The topological polar surface area (TPSA) is 105 Å². The van der Waals surface area contributed by atoms with Crippen LogP contribution in [-0.2, 0) is 16.9 Å². The second-order valence-electron chi connectivity index (χ2n) is 11.1. The van der Waals surface area contributed by atoms with E-state index in [9.17, 15) is 46.1 Å². The van der Waals surface area contributed by atoms with E-state index >= 15 is 0 Å². The molecular formula is C28H33ClF6N4O4. The molecule has 15 heteroatoms. The molecule has 4 rings (SSSR count). The third kappa shape index (κ3) is 7.13. The zero-order valence-corrected chi connectivity index (χ0v) is 23.7. The number of urea groups is 1. The molecule has 1 aromatic carbocycles. The Morgan fingerprint density at radius 1 is 0.907 bits per heavy atom. The molecule has 238 valence electrons. The lowest BCUT2D eigenvalue weighted by molar-refractivity contribution is -0.376. The number of allylic oxidation sites excluding steroid dienone is 2. The zero-order valence-electron chi connectivity index (χ0n) is 23.0. The molecule has 4 N–H and O–H groups in total. The molecule has 1 aliphatic heterocycles. The molecule has 3 aliphatic rings. The number of nitrogens with one attached hydrogen (secondary N) is 2. The van der Waals surface area contributed by atoms with Crippen LogP contribution in [0, 0.1) is 0 Å². The number of hydrogen-bond donors (Lipinski definition) is 4. The maximum atomic E-state index is 13.5. The van der Waals surface area contributed by atoms with Gasteiger partial charge in [0, 0.05) is 44.3 Å². The molecule has 2 atom stereocenters. The van der Waals surface area contributed by atoms with E-state index in [0.717, 1.165) is 12.1 Å². The summed E-state index contributed by atoms with van der Waals surface area (Å²) in [6.45, 7) is 1.38. The van der Waals surface area contributed by atoms with Crippen LogP contribution >= 0.6 is 11.6 Å². The molecule has 1 saturated carbocycles. The second-order valence-corrected chi connectivity index (χ2v) is 11.7. The molecule has 43 heavy (non-hydrogen) atoms. The van der Waals surface area contributed by atoms with Crippen molar-refractivity contribution in [1.82, 2.24) is 20.4 Å². The molecule has 3 amide bonds. The maximum Gasteiger partial charge on any atom is 0.430 e. The molecule has 0 aromatic heterocycles. The summed E-state index contributed by atoms with van der Waals surface area (Å²) in [4.78, 5) is 28.0. The fraction of sp³-hybridized carbons (Fsp3) is 0.571. The van der Waals surface area contributed by atoms with Gasteiger partial charge in [-0.05, 0) is 31.2 Å². The molecule has 1 heterocycles. The number of carbonyl (C=O) groups excluding carboxylic acids is 2. The molecule has 0 radical (unpaired) electrons. The van der Waals surface area contributed by atoms with E-state index in [0.29, 0.717) is 56.5 Å². The van der Waals surface area contributed by atoms with Gasteiger partial charge in [-0.15, -0.1) is 11.6 Å². The molecule has 8 nitrogen and oxygen atoms in total. The largest absolute Gasteiger partial charge is 0.430 e. The van der Waals surface area contributed by atoms with Crippen LogP contribution in [0.2, 0.25) is 0 Å². The third-order valence-corrected chi connectivity index (χ3v) is 8.63. The van der Waals surface area contributed by atoms with Crippen LogP contribution in [-0.4, -0.2) is 93.5 Å². The van der Waals surface area contributed by atoms with Crippen molar-refractivity contribution in [1.29, 1.82) is 0 Å². The number of nitrogens with zero attached hydrogens (tertiary/aromatic N) is 2. The number of amides is 3. The van der Waals surface area contributed by atoms with Crippen molar-refractivity contribution in [2.75, 3.05) is 26.2 Å². The van der Waals surface area contributed by atoms with Crippen molar-refractivity contribution < 1.29 is 46.1 Å². The normalized spacial score (nSPS) is 27.2. The smallest absolute Gasteiger partial charge is 0.393 e. The number of hydrogen-bond acceptors (Lipinski definition) is 5. The summed E-state index contributed by atoms with van der Waals surface area (Å²) in [5.74, 6) is -0.427. The highest BCUT2D eigenvalue weighted by Crippen LogP contribution is 2.50. The predicted molar refractivity (Wildman–Crippen MR) is 145 cm³/mol. The minimum Gasteiger partial charge on any atom is -0.393 e. The van der Waals surface area contributed by atoms with Gasteiger partial charge in [-0.25, -0.2) is 4.79 Å². The van der Waals surface area contributed by atoms with E-state index in [2.05, 4.69) is 10.6 Å². The predicted octanol–water partition coefficient (Wildman–Crippen LogP) is 3.72. The van der Waals surface area contributed by atoms with E-state index in [1.54, 1.807) is 18.2 Å². The Balaban J connectivity index is 1.33. The lowest BCUT2D eigenvalue weighted by Crippen LogP contribution is -2.61. The Kier molecular flexibility index (Phi) is 9.74. The highest BCUT2D eigenvalue weighted by atomic mass is 35.5. The first-order valence-corrected chi connectivity index (χ1v) is 14.2. The number of carbonyl (C=O) groups is 2. The molecule has 0 bridgehead atoms. The Morgan fingerprint density at radius 3 is 2.05 bits per heavy atom. The van der Waals surface area contributed by atoms with Gasteiger partial charge in [-0.2, -0.15) is 26.3 Å². The molecule has 2 aliphatic carbocycles. The number of alkyl halides is 7. The summed E-state index contributed by atoms with van der Waals surface area (Å²) in [6, 6.07) is 1.98. The number of benzene rings is 1. The lowest BCUT2D eigenvalue weighted by Gasteiger charge is -2.40. The number of aliphatic hydroxyl groups excluding tert-OH is 1. The van der Waals surface area contributed by atoms with E-state index < -0.39 is 46.4 Å². The van der Waals surface area contributed by atoms with Crippen LogP contribution in [0.5, 0.6) is 0 Å². The van der Waals surface area contributed by atoms with Gasteiger partial charge in [-0.1, -0.05) is 48.6 Å². The molecule has 1 saturated heterocycles. The molecule has 2 fully saturated rings. The van der Waals surface area contributed by atoms with Gasteiger partial charge in [-0.3, -0.25) is 9.69 Å². The molecular weight excluding hydrogens is 606 g/mol. The second kappa shape index (κ2) is 12.7. The Labute approximate surface area is 249 Å². The first kappa shape index (κ1) is 33.1. The first-order chi connectivity index (χ1) is 20.0. The summed E-state index contributed by atoms with van der Waals surface area (Å²) >= 11 is 6.81. The van der Waals surface area contributed by atoms with Crippen molar-refractivity contribution >= 4 is 23.5 Å². The monoisotopic (exact) mass is 638 g/mol. The van der Waals surface area contributed by atoms with Gasteiger partial charge in [0.15, 0.2) is 4.87 Å². The SMILES string of the molecule is O=C(NC1CCC(O)CC1)NC1C=CC=CC1(Cl)C(=O)N1CCN(Cc2ccc(C(O)(C(F)(F)F)C(F)(F)F)cc2)CC1. The molecule has 1 aromatic rings. The number of aliphatic hydroxyl groups is 2. The van der Waals surface area contributed by atoms with Crippen molar-refractivity contribution in [3.63, 3.8) is 0 Å². The Bertz CT molecular complexity index is 1200. The summed E-state index contributed by atoms with van der Waals surface area (Å²) in [6.07, 6.45) is -3.43. The van der Waals surface area contributed by atoms with E-state index in [1.165, 1.54) is 11.0 Å². The van der Waals surface area contributed by atoms with Gasteiger partial charge in [0.2, 0.25) is 5.91 Å². The van der Waals surface area contributed by atoms with Crippen LogP contribution in [0.1, 0.15) is 36.8 Å². The quantitative estimate of drug-likeness (QED) is 0.281. The lowest BCUT2D eigenvalue weighted by atomic mass is 9.91. The summed E-state index contributed by atoms with van der Waals surface area (Å²) in [7, 11) is 0. The number of halogens is 7. The molecule has 0 spiro atoms. The van der Waals surface area contributed by atoms with Crippen molar-refractivity contribution in [2.24, 2.45) is 0 Å². The summed E-state index contributed by atoms with van der Waals surface area (Å²) in [5.41, 5.74) is -5.90. The maximum absolute atomic E-state index is 13.5. The average molecular weight is 639 g/mol. The van der Waals surface area contributed by atoms with Crippen molar-refractivity contribution in [3.05, 3.63) is 59.7 Å². The van der Waals surface area contributed by atoms with Gasteiger partial charge in [0.1, 0.15) is 0 Å². The van der Waals surface area contributed by atoms with Crippen LogP contribution in [0.4, 0.5) is 31.1 Å². The van der Waals surface area contributed by atoms with Crippen molar-refractivity contribution in [3.8, 4) is 0 Å². The highest BCUT2D eigenvalue weighted by molar-refractivity contribution is 6.37. The van der Waals surface area contributed by atoms with E-state index in [-0.39, 0.29) is 31.8 Å². The Hall–Kier alpha value is -2.81. The fourth-order valence-electron chi connectivity index (χ4n) is 5.51. The van der Waals surface area contributed by atoms with Gasteiger partial charge < -0.3 is 25.7 Å². The minimum atomic E-state index is -5.96. The fourth-order valence-corrected chi connectivity index (χ4v) is 5.83. The average Bonchev–Trinajstić information content (AvgIpc) is 2.94. The van der Waals surface area contributed by atoms with Crippen LogP contribution < -0.4 is 10.6 Å². The van der Waals surface area contributed by atoms with E-state index in [4.69, 9.17) is 11.6 Å². The minimum absolute atomic E-state index is 0.100. The highest BCUT2D eigenvalue weighted by Gasteiger charge is 2.71. The number of piperazine rings is 1. The Morgan fingerprint density at radius 2 is 1.49 bits per heavy atom. The third-order valence-electron chi connectivity index (χ3n) is 8.11. The van der Waals surface area contributed by atoms with Gasteiger partial charge in [0.05, 0.1) is 12.1 Å². The van der Waals surface area contributed by atoms with E-state index in [1.807, 2.05) is 4.90 Å². The van der Waals surface area contributed by atoms with Crippen molar-refractivity contribution in [2.45, 2.75) is 73.2 Å². The molecule has 2 unspecified atom stereocenters. The zero-order chi connectivity index (χ0) is 31.6. The number of rotatable bonds is 6. The first-order valence-electron chi connectivity index (χ1n) is 13.8. The summed E-state index contributed by atoms with van der Waals surface area (Å²) in [5, 5.41) is 24.9. The van der Waals surface area contributed by atoms with Crippen LogP contribution in [0.25, 0.3) is 0 Å².